The molecule has 2 N–H and O–H groups in total. The molecule has 3 amide bonds. The maximum absolute atomic E-state index is 13.9. The number of carbonyl (C=O) groups is 4. The van der Waals surface area contributed by atoms with E-state index in [9.17, 15) is 27.6 Å². The van der Waals surface area contributed by atoms with Gasteiger partial charge in [0, 0.05) is 32.0 Å². The van der Waals surface area contributed by atoms with Crippen molar-refractivity contribution in [3.63, 3.8) is 0 Å². The molecule has 0 aromatic heterocycles. The van der Waals surface area contributed by atoms with Crippen LogP contribution in [-0.4, -0.2) is 87.6 Å². The highest BCUT2D eigenvalue weighted by Crippen LogP contribution is 2.47. The summed E-state index contributed by atoms with van der Waals surface area (Å²) in [6, 6.07) is 15.2. The molecule has 0 bridgehead atoms. The van der Waals surface area contributed by atoms with Gasteiger partial charge in [-0.15, -0.1) is 0 Å². The number of carbonyl (C=O) groups excluding carboxylic acids is 4. The molecule has 14 heteroatoms. The SMILES string of the molecule is CC(OC(=O)NC(C)(C)C(=O)N[C@H](COc1ccccc1)C(=O)N1CCC2(CC1)CN(S(C)(=O)=O)c1ccccc12)OC(=O)C(C)C. The summed E-state index contributed by atoms with van der Waals surface area (Å²) in [5.74, 6) is -1.50. The maximum atomic E-state index is 13.9. The molecule has 2 aromatic carbocycles. The van der Waals surface area contributed by atoms with E-state index in [2.05, 4.69) is 10.6 Å². The van der Waals surface area contributed by atoms with E-state index in [4.69, 9.17) is 14.2 Å². The zero-order chi connectivity index (χ0) is 34.6. The van der Waals surface area contributed by atoms with E-state index in [1.165, 1.54) is 31.3 Å². The topological polar surface area (TPSA) is 161 Å². The second-order valence-electron chi connectivity index (χ2n) is 12.9. The van der Waals surface area contributed by atoms with Gasteiger partial charge in [0.25, 0.3) is 0 Å². The van der Waals surface area contributed by atoms with Crippen LogP contribution >= 0.6 is 0 Å². The van der Waals surface area contributed by atoms with Crippen molar-refractivity contribution in [3.8, 4) is 5.75 Å². The molecule has 13 nitrogen and oxygen atoms in total. The molecule has 47 heavy (non-hydrogen) atoms. The van der Waals surface area contributed by atoms with Crippen LogP contribution in [0.25, 0.3) is 0 Å². The van der Waals surface area contributed by atoms with E-state index in [1.807, 2.05) is 24.3 Å². The lowest BCUT2D eigenvalue weighted by molar-refractivity contribution is -0.169. The predicted molar refractivity (Wildman–Crippen MR) is 174 cm³/mol. The molecule has 0 radical (unpaired) electrons. The highest BCUT2D eigenvalue weighted by Gasteiger charge is 2.48. The number of anilines is 1. The Morgan fingerprint density at radius 3 is 2.17 bits per heavy atom. The fourth-order valence-electron chi connectivity index (χ4n) is 5.71. The van der Waals surface area contributed by atoms with Crippen molar-refractivity contribution in [2.24, 2.45) is 5.92 Å². The van der Waals surface area contributed by atoms with Gasteiger partial charge in [0.1, 0.15) is 23.9 Å². The molecule has 2 aromatic rings. The highest BCUT2D eigenvalue weighted by molar-refractivity contribution is 7.92. The summed E-state index contributed by atoms with van der Waals surface area (Å²) >= 11 is 0. The van der Waals surface area contributed by atoms with Gasteiger partial charge < -0.3 is 29.7 Å². The number of rotatable bonds is 11. The molecule has 0 saturated carbocycles. The highest BCUT2D eigenvalue weighted by atomic mass is 32.2. The normalized spacial score (nSPS) is 17.0. The van der Waals surface area contributed by atoms with Crippen LogP contribution in [0.5, 0.6) is 5.75 Å². The van der Waals surface area contributed by atoms with Crippen molar-refractivity contribution >= 4 is 39.6 Å². The average Bonchev–Trinajstić information content (AvgIpc) is 3.33. The van der Waals surface area contributed by atoms with Crippen LogP contribution in [0.3, 0.4) is 0 Å². The zero-order valence-electron chi connectivity index (χ0n) is 27.6. The summed E-state index contributed by atoms with van der Waals surface area (Å²) in [5.41, 5.74) is -0.360. The fraction of sp³-hybridized carbons (Fsp3) is 0.515. The number of esters is 1. The van der Waals surface area contributed by atoms with Crippen LogP contribution in [0.1, 0.15) is 53.0 Å². The number of nitrogens with one attached hydrogen (secondary N) is 2. The first-order chi connectivity index (χ1) is 22.0. The van der Waals surface area contributed by atoms with Gasteiger partial charge in [-0.2, -0.15) is 0 Å². The third-order valence-corrected chi connectivity index (χ3v) is 9.52. The second-order valence-corrected chi connectivity index (χ2v) is 14.8. The molecule has 1 saturated heterocycles. The molecular formula is C33H44N4O9S. The Kier molecular flexibility index (Phi) is 10.7. The Morgan fingerprint density at radius 2 is 1.55 bits per heavy atom. The molecule has 4 rings (SSSR count). The fourth-order valence-corrected chi connectivity index (χ4v) is 6.71. The number of hydrogen-bond donors (Lipinski definition) is 2. The Labute approximate surface area is 276 Å². The minimum absolute atomic E-state index is 0.177. The number of sulfonamides is 1. The molecule has 0 aliphatic carbocycles. The van der Waals surface area contributed by atoms with Crippen molar-refractivity contribution in [2.45, 2.75) is 70.7 Å². The van der Waals surface area contributed by atoms with E-state index >= 15 is 0 Å². The number of amides is 3. The van der Waals surface area contributed by atoms with Gasteiger partial charge in [0.2, 0.25) is 28.1 Å². The van der Waals surface area contributed by atoms with Crippen molar-refractivity contribution in [3.05, 3.63) is 60.2 Å². The third-order valence-electron chi connectivity index (χ3n) is 8.39. The van der Waals surface area contributed by atoms with E-state index < -0.39 is 57.2 Å². The maximum Gasteiger partial charge on any atom is 0.411 e. The molecule has 2 aliphatic rings. The second kappa shape index (κ2) is 14.2. The summed E-state index contributed by atoms with van der Waals surface area (Å²) in [4.78, 5) is 53.4. The van der Waals surface area contributed by atoms with Crippen LogP contribution in [-0.2, 0) is 39.3 Å². The Bertz CT molecular complexity index is 1570. The van der Waals surface area contributed by atoms with Gasteiger partial charge in [-0.1, -0.05) is 50.2 Å². The standard InChI is InChI=1S/C33H44N4O9S/c1-22(2)29(39)45-23(3)46-31(41)35-32(4,5)30(40)34-26(20-44-24-12-8-7-9-13-24)28(38)36-18-16-33(17-19-36)21-37(47(6,42)43)27-15-11-10-14-25(27)33/h7-15,22-23,26H,16-21H2,1-6H3,(H,34,40)(H,35,41)/t23?,26-/m1/s1. The van der Waals surface area contributed by atoms with Crippen LogP contribution in [0.15, 0.2) is 54.6 Å². The first-order valence-electron chi connectivity index (χ1n) is 15.6. The minimum Gasteiger partial charge on any atom is -0.491 e. The molecule has 256 valence electrons. The third kappa shape index (κ3) is 8.53. The van der Waals surface area contributed by atoms with Crippen LogP contribution in [0.4, 0.5) is 10.5 Å². The summed E-state index contributed by atoms with van der Waals surface area (Å²) < 4.78 is 42.7. The number of piperidine rings is 1. The molecule has 2 heterocycles. The number of ether oxygens (including phenoxy) is 3. The summed E-state index contributed by atoms with van der Waals surface area (Å²) in [6.45, 7) is 8.36. The molecule has 2 atom stereocenters. The number of benzene rings is 2. The number of alkyl carbamates (subject to hydrolysis) is 1. The monoisotopic (exact) mass is 672 g/mol. The van der Waals surface area contributed by atoms with E-state index in [0.29, 0.717) is 43.9 Å². The van der Waals surface area contributed by atoms with E-state index in [-0.39, 0.29) is 12.5 Å². The van der Waals surface area contributed by atoms with Crippen LogP contribution in [0, 0.1) is 5.92 Å². The number of likely N-dealkylation sites (tertiary alicyclic amines) is 1. The van der Waals surface area contributed by atoms with E-state index in [0.717, 1.165) is 5.56 Å². The Hall–Kier alpha value is -4.33. The lowest BCUT2D eigenvalue weighted by Crippen LogP contribution is -2.61. The largest absolute Gasteiger partial charge is 0.491 e. The quantitative estimate of drug-likeness (QED) is 0.270. The predicted octanol–water partition coefficient (Wildman–Crippen LogP) is 2.94. The first-order valence-corrected chi connectivity index (χ1v) is 17.4. The van der Waals surface area contributed by atoms with Gasteiger partial charge in [-0.05, 0) is 50.5 Å². The molecular weight excluding hydrogens is 628 g/mol. The van der Waals surface area contributed by atoms with Gasteiger partial charge >= 0.3 is 12.1 Å². The lowest BCUT2D eigenvalue weighted by atomic mass is 9.74. The van der Waals surface area contributed by atoms with Crippen LogP contribution < -0.4 is 19.7 Å². The Morgan fingerprint density at radius 1 is 0.936 bits per heavy atom. The van der Waals surface area contributed by atoms with Gasteiger partial charge in [0.05, 0.1) is 17.9 Å². The summed E-state index contributed by atoms with van der Waals surface area (Å²) in [7, 11) is -3.49. The Balaban J connectivity index is 1.45. The first kappa shape index (κ1) is 35.5. The lowest BCUT2D eigenvalue weighted by Gasteiger charge is -2.41. The number of nitrogens with zero attached hydrogens (tertiary/aromatic N) is 2. The molecule has 1 spiro atoms. The van der Waals surface area contributed by atoms with Gasteiger partial charge in [0.15, 0.2) is 0 Å². The van der Waals surface area contributed by atoms with Crippen LogP contribution in [0.2, 0.25) is 0 Å². The molecule has 1 unspecified atom stereocenters. The van der Waals surface area contributed by atoms with Gasteiger partial charge in [-0.25, -0.2) is 13.2 Å². The minimum atomic E-state index is -3.49. The van der Waals surface area contributed by atoms with Crippen molar-refractivity contribution in [2.75, 3.05) is 36.8 Å². The van der Waals surface area contributed by atoms with Gasteiger partial charge in [-0.3, -0.25) is 18.7 Å². The van der Waals surface area contributed by atoms with Crippen molar-refractivity contribution < 1.29 is 41.8 Å². The summed E-state index contributed by atoms with van der Waals surface area (Å²) in [6.07, 6.45) is 0.0793. The number of hydrogen-bond acceptors (Lipinski definition) is 9. The molecule has 2 aliphatic heterocycles. The average molecular weight is 673 g/mol. The number of para-hydroxylation sites is 2. The van der Waals surface area contributed by atoms with E-state index in [1.54, 1.807) is 49.1 Å². The molecule has 1 fully saturated rings. The number of fused-ring (bicyclic) bond motifs is 2. The van der Waals surface area contributed by atoms with Crippen molar-refractivity contribution in [1.29, 1.82) is 0 Å². The smallest absolute Gasteiger partial charge is 0.411 e. The van der Waals surface area contributed by atoms with Crippen molar-refractivity contribution in [1.82, 2.24) is 15.5 Å². The zero-order valence-corrected chi connectivity index (χ0v) is 28.5. The summed E-state index contributed by atoms with van der Waals surface area (Å²) in [5, 5.41) is 5.20.